The molecule has 114 valence electrons. The van der Waals surface area contributed by atoms with Gasteiger partial charge in [0.05, 0.1) is 25.9 Å². The van der Waals surface area contributed by atoms with Crippen molar-refractivity contribution in [1.82, 2.24) is 5.32 Å². The van der Waals surface area contributed by atoms with Crippen LogP contribution in [-0.4, -0.2) is 44.1 Å². The lowest BCUT2D eigenvalue weighted by molar-refractivity contribution is -0.0393. The molecule has 0 bridgehead atoms. The van der Waals surface area contributed by atoms with Crippen LogP contribution < -0.4 is 5.32 Å². The number of nitrogens with one attached hydrogen (secondary N) is 1. The number of rotatable bonds is 6. The molecule has 1 aromatic carbocycles. The second-order valence-corrected chi connectivity index (χ2v) is 6.39. The van der Waals surface area contributed by atoms with Crippen LogP contribution >= 0.6 is 0 Å². The minimum absolute atomic E-state index is 0.0583. The van der Waals surface area contributed by atoms with Crippen LogP contribution in [0.5, 0.6) is 0 Å². The summed E-state index contributed by atoms with van der Waals surface area (Å²) in [6.45, 7) is 3.12. The standard InChI is InChI=1S/C17H23NO3/c1-2-4-13(5-3-1)9-19-15-11-21-16-14(10-20-17(15)16)18-8-12-6-7-12/h1-5,12,14-18H,6-11H2/t14-,15+,16+,17+/m0/s1. The van der Waals surface area contributed by atoms with Gasteiger partial charge in [-0.15, -0.1) is 0 Å². The topological polar surface area (TPSA) is 39.7 Å². The molecule has 3 aliphatic rings. The highest BCUT2D eigenvalue weighted by Gasteiger charge is 2.48. The summed E-state index contributed by atoms with van der Waals surface area (Å²) < 4.78 is 17.9. The van der Waals surface area contributed by atoms with Crippen molar-refractivity contribution in [3.8, 4) is 0 Å². The van der Waals surface area contributed by atoms with Crippen LogP contribution in [0.4, 0.5) is 0 Å². The van der Waals surface area contributed by atoms with Gasteiger partial charge in [-0.3, -0.25) is 0 Å². The van der Waals surface area contributed by atoms with Crippen molar-refractivity contribution in [2.45, 2.75) is 43.8 Å². The Bertz CT molecular complexity index is 462. The third kappa shape index (κ3) is 3.14. The van der Waals surface area contributed by atoms with Crippen LogP contribution in [0, 0.1) is 5.92 Å². The monoisotopic (exact) mass is 289 g/mol. The van der Waals surface area contributed by atoms with Gasteiger partial charge in [-0.05, 0) is 30.9 Å². The van der Waals surface area contributed by atoms with Gasteiger partial charge in [0.2, 0.25) is 0 Å². The van der Waals surface area contributed by atoms with Gasteiger partial charge in [0.1, 0.15) is 18.3 Å². The third-order valence-electron chi connectivity index (χ3n) is 4.68. The van der Waals surface area contributed by atoms with Gasteiger partial charge in [0.15, 0.2) is 0 Å². The fourth-order valence-electron chi connectivity index (χ4n) is 3.20. The second kappa shape index (κ2) is 6.05. The second-order valence-electron chi connectivity index (χ2n) is 6.39. The van der Waals surface area contributed by atoms with Crippen LogP contribution in [0.3, 0.4) is 0 Å². The van der Waals surface area contributed by atoms with E-state index in [0.29, 0.717) is 19.3 Å². The first-order valence-corrected chi connectivity index (χ1v) is 8.02. The Balaban J connectivity index is 1.28. The van der Waals surface area contributed by atoms with E-state index in [-0.39, 0.29) is 18.3 Å². The van der Waals surface area contributed by atoms with Gasteiger partial charge >= 0.3 is 0 Å². The molecule has 4 nitrogen and oxygen atoms in total. The molecule has 0 unspecified atom stereocenters. The first kappa shape index (κ1) is 13.7. The predicted molar refractivity (Wildman–Crippen MR) is 79.0 cm³/mol. The third-order valence-corrected chi connectivity index (χ3v) is 4.68. The Hall–Kier alpha value is -0.940. The summed E-state index contributed by atoms with van der Waals surface area (Å²) in [5.74, 6) is 0.885. The molecule has 0 radical (unpaired) electrons. The van der Waals surface area contributed by atoms with Gasteiger partial charge in [0, 0.05) is 0 Å². The minimum Gasteiger partial charge on any atom is -0.371 e. The maximum atomic E-state index is 6.01. The van der Waals surface area contributed by atoms with E-state index in [1.807, 2.05) is 18.2 Å². The number of hydrogen-bond acceptors (Lipinski definition) is 4. The molecule has 2 heterocycles. The zero-order valence-corrected chi connectivity index (χ0v) is 12.2. The molecule has 1 aliphatic carbocycles. The molecule has 2 aliphatic heterocycles. The molecule has 1 N–H and O–H groups in total. The van der Waals surface area contributed by atoms with E-state index in [0.717, 1.165) is 19.1 Å². The summed E-state index contributed by atoms with van der Waals surface area (Å²) in [4.78, 5) is 0. The summed E-state index contributed by atoms with van der Waals surface area (Å²) in [7, 11) is 0. The van der Waals surface area contributed by atoms with Crippen molar-refractivity contribution in [2.75, 3.05) is 19.8 Å². The van der Waals surface area contributed by atoms with Crippen LogP contribution in [0.1, 0.15) is 18.4 Å². The first-order chi connectivity index (χ1) is 10.4. The Morgan fingerprint density at radius 1 is 1.05 bits per heavy atom. The number of benzene rings is 1. The van der Waals surface area contributed by atoms with E-state index < -0.39 is 0 Å². The highest BCUT2D eigenvalue weighted by molar-refractivity contribution is 5.13. The minimum atomic E-state index is 0.0583. The van der Waals surface area contributed by atoms with E-state index in [1.54, 1.807) is 0 Å². The maximum Gasteiger partial charge on any atom is 0.114 e. The van der Waals surface area contributed by atoms with E-state index in [1.165, 1.54) is 18.4 Å². The lowest BCUT2D eigenvalue weighted by atomic mass is 10.1. The average molecular weight is 289 g/mol. The molecule has 4 rings (SSSR count). The van der Waals surface area contributed by atoms with E-state index in [2.05, 4.69) is 17.4 Å². The fraction of sp³-hybridized carbons (Fsp3) is 0.647. The predicted octanol–water partition coefficient (Wildman–Crippen LogP) is 1.74. The molecule has 1 aromatic rings. The molecule has 0 amide bonds. The SMILES string of the molecule is c1ccc(CO[C@@H]2CO[C@H]3[C@@H]2OC[C@@H]3NCC2CC2)cc1. The van der Waals surface area contributed by atoms with Gasteiger partial charge in [-0.2, -0.15) is 0 Å². The van der Waals surface area contributed by atoms with Crippen LogP contribution in [0.25, 0.3) is 0 Å². The molecule has 4 atom stereocenters. The van der Waals surface area contributed by atoms with Crippen molar-refractivity contribution in [3.05, 3.63) is 35.9 Å². The average Bonchev–Trinajstić information content (AvgIpc) is 3.13. The number of ether oxygens (including phenoxy) is 3. The Morgan fingerprint density at radius 3 is 2.67 bits per heavy atom. The van der Waals surface area contributed by atoms with Crippen LogP contribution in [0.15, 0.2) is 30.3 Å². The quantitative estimate of drug-likeness (QED) is 0.866. The van der Waals surface area contributed by atoms with Crippen molar-refractivity contribution in [2.24, 2.45) is 5.92 Å². The van der Waals surface area contributed by atoms with Crippen LogP contribution in [0.2, 0.25) is 0 Å². The van der Waals surface area contributed by atoms with Gasteiger partial charge in [-0.25, -0.2) is 0 Å². The molecule has 0 spiro atoms. The molecular formula is C17H23NO3. The highest BCUT2D eigenvalue weighted by atomic mass is 16.6. The molecule has 21 heavy (non-hydrogen) atoms. The summed E-state index contributed by atoms with van der Waals surface area (Å²) in [6.07, 6.45) is 3.05. The molecule has 3 fully saturated rings. The lowest BCUT2D eigenvalue weighted by Gasteiger charge is -2.18. The largest absolute Gasteiger partial charge is 0.371 e. The summed E-state index contributed by atoms with van der Waals surface area (Å²) in [5, 5.41) is 3.60. The first-order valence-electron chi connectivity index (χ1n) is 8.02. The molecular weight excluding hydrogens is 266 g/mol. The van der Waals surface area contributed by atoms with Gasteiger partial charge < -0.3 is 19.5 Å². The highest BCUT2D eigenvalue weighted by Crippen LogP contribution is 2.31. The van der Waals surface area contributed by atoms with Gasteiger partial charge in [-0.1, -0.05) is 30.3 Å². The molecule has 4 heteroatoms. The van der Waals surface area contributed by atoms with Crippen LogP contribution in [-0.2, 0) is 20.8 Å². The van der Waals surface area contributed by atoms with Crippen molar-refractivity contribution >= 4 is 0 Å². The zero-order chi connectivity index (χ0) is 14.1. The molecule has 2 saturated heterocycles. The summed E-state index contributed by atoms with van der Waals surface area (Å²) in [5.41, 5.74) is 1.20. The lowest BCUT2D eigenvalue weighted by Crippen LogP contribution is -2.42. The molecule has 1 saturated carbocycles. The smallest absolute Gasteiger partial charge is 0.114 e. The Kier molecular flexibility index (Phi) is 3.95. The van der Waals surface area contributed by atoms with Crippen molar-refractivity contribution < 1.29 is 14.2 Å². The van der Waals surface area contributed by atoms with Crippen molar-refractivity contribution in [1.29, 1.82) is 0 Å². The summed E-state index contributed by atoms with van der Waals surface area (Å²) in [6, 6.07) is 10.6. The van der Waals surface area contributed by atoms with Crippen molar-refractivity contribution in [3.63, 3.8) is 0 Å². The van der Waals surface area contributed by atoms with E-state index in [4.69, 9.17) is 14.2 Å². The van der Waals surface area contributed by atoms with E-state index in [9.17, 15) is 0 Å². The van der Waals surface area contributed by atoms with E-state index >= 15 is 0 Å². The Labute approximate surface area is 125 Å². The van der Waals surface area contributed by atoms with Gasteiger partial charge in [0.25, 0.3) is 0 Å². The number of fused-ring (bicyclic) bond motifs is 1. The zero-order valence-electron chi connectivity index (χ0n) is 12.2. The molecule has 0 aromatic heterocycles. The normalized spacial score (nSPS) is 35.0. The Morgan fingerprint density at radius 2 is 1.86 bits per heavy atom. The number of hydrogen-bond donors (Lipinski definition) is 1. The fourth-order valence-corrected chi connectivity index (χ4v) is 3.20. The summed E-state index contributed by atoms with van der Waals surface area (Å²) >= 11 is 0. The maximum absolute atomic E-state index is 6.01.